The molecule has 4 aliphatic heterocycles. The summed E-state index contributed by atoms with van der Waals surface area (Å²) in [6, 6.07) is 15.9. The number of pyridine rings is 1. The van der Waals surface area contributed by atoms with Crippen LogP contribution in [0.25, 0.3) is 0 Å². The van der Waals surface area contributed by atoms with Crippen LogP contribution in [0.2, 0.25) is 5.02 Å². The number of piperidine rings is 2. The second kappa shape index (κ2) is 17.7. The standard InChI is InChI=1S/C51H51ClF4N6O6/c1-48(2,3)25-40-50(27-58-36-23-39(51(54,55)56)57-26-33(36)50)42(32-9-6-10-34(52)43(32)53)44(60-40)46(65)59-35-14-12-29(22-38(35)67-4)47(66)62-19-17-49(18-20-62)24-30(49)13-11-28-7-5-8-31(21-28)68-37-15-16-41(63)61-45(37)64/h5-10,12,14,21-23,26,30,37,40,42,44,58,60H,15-20,24-25,27H2,1-4H3,(H,59,65)(H,61,63,64)/t30-,37?,40-,42-,44+,50-/m0/s1. The molecule has 1 unspecified atom stereocenters. The van der Waals surface area contributed by atoms with Crippen molar-refractivity contribution >= 4 is 46.6 Å². The topological polar surface area (TPSA) is 151 Å². The number of methoxy groups -OCH3 is 1. The van der Waals surface area contributed by atoms with Crippen LogP contribution in [-0.4, -0.2) is 78.4 Å². The van der Waals surface area contributed by atoms with Crippen LogP contribution in [0.3, 0.4) is 0 Å². The molecule has 2 spiro atoms. The van der Waals surface area contributed by atoms with Crippen molar-refractivity contribution in [3.63, 3.8) is 0 Å². The molecule has 356 valence electrons. The molecule has 68 heavy (non-hydrogen) atoms. The highest BCUT2D eigenvalue weighted by Crippen LogP contribution is 2.59. The minimum atomic E-state index is -4.70. The molecule has 4 amide bonds. The largest absolute Gasteiger partial charge is 0.495 e. The Morgan fingerprint density at radius 1 is 1.03 bits per heavy atom. The lowest BCUT2D eigenvalue weighted by Gasteiger charge is -2.39. The van der Waals surface area contributed by atoms with Gasteiger partial charge in [-0.15, -0.1) is 0 Å². The van der Waals surface area contributed by atoms with Crippen molar-refractivity contribution in [3.8, 4) is 23.3 Å². The zero-order valence-electron chi connectivity index (χ0n) is 37.9. The van der Waals surface area contributed by atoms with Crippen LogP contribution in [0.5, 0.6) is 11.5 Å². The smallest absolute Gasteiger partial charge is 0.433 e. The lowest BCUT2D eigenvalue weighted by Crippen LogP contribution is -2.46. The molecular formula is C51H51ClF4N6O6. The number of rotatable bonds is 8. The third-order valence-corrected chi connectivity index (χ3v) is 14.5. The van der Waals surface area contributed by atoms with Crippen molar-refractivity contribution in [2.45, 2.75) is 95.0 Å². The quantitative estimate of drug-likeness (QED) is 0.0778. The molecule has 12 nitrogen and oxygen atoms in total. The molecule has 4 N–H and O–H groups in total. The van der Waals surface area contributed by atoms with E-state index in [1.165, 1.54) is 19.4 Å². The van der Waals surface area contributed by atoms with Gasteiger partial charge in [-0.2, -0.15) is 13.2 Å². The van der Waals surface area contributed by atoms with Gasteiger partial charge < -0.3 is 30.3 Å². The van der Waals surface area contributed by atoms with Gasteiger partial charge in [-0.25, -0.2) is 4.39 Å². The van der Waals surface area contributed by atoms with E-state index in [4.69, 9.17) is 21.1 Å². The molecule has 5 aliphatic rings. The number of ether oxygens (including phenoxy) is 2. The highest BCUT2D eigenvalue weighted by atomic mass is 35.5. The first kappa shape index (κ1) is 46.9. The van der Waals surface area contributed by atoms with E-state index >= 15 is 4.39 Å². The lowest BCUT2D eigenvalue weighted by molar-refractivity contribution is -0.141. The third-order valence-electron chi connectivity index (χ3n) is 14.2. The average molecular weight is 955 g/mol. The molecule has 17 heteroatoms. The summed E-state index contributed by atoms with van der Waals surface area (Å²) >= 11 is 6.37. The van der Waals surface area contributed by atoms with E-state index in [1.54, 1.807) is 47.4 Å². The Labute approximate surface area is 396 Å². The number of fused-ring (bicyclic) bond motifs is 2. The summed E-state index contributed by atoms with van der Waals surface area (Å²) in [6.07, 6.45) is -0.766. The number of aromatic nitrogens is 1. The van der Waals surface area contributed by atoms with Gasteiger partial charge in [0.25, 0.3) is 11.8 Å². The maximum atomic E-state index is 16.3. The maximum Gasteiger partial charge on any atom is 0.433 e. The number of alkyl halides is 3. The molecular weight excluding hydrogens is 904 g/mol. The highest BCUT2D eigenvalue weighted by Gasteiger charge is 2.62. The molecule has 6 atom stereocenters. The number of halogens is 5. The summed E-state index contributed by atoms with van der Waals surface area (Å²) in [7, 11) is 1.43. The van der Waals surface area contributed by atoms with Gasteiger partial charge in [0, 0.05) is 84.3 Å². The molecule has 9 rings (SSSR count). The number of hydrogen-bond acceptors (Lipinski definition) is 9. The minimum absolute atomic E-state index is 0.0141. The van der Waals surface area contributed by atoms with Gasteiger partial charge >= 0.3 is 6.18 Å². The normalized spacial score (nSPS) is 25.0. The van der Waals surface area contributed by atoms with Gasteiger partial charge in [0.1, 0.15) is 23.0 Å². The van der Waals surface area contributed by atoms with Crippen molar-refractivity contribution in [3.05, 3.63) is 112 Å². The van der Waals surface area contributed by atoms with Crippen LogP contribution < -0.4 is 30.7 Å². The van der Waals surface area contributed by atoms with Crippen molar-refractivity contribution in [1.82, 2.24) is 20.5 Å². The second-order valence-electron chi connectivity index (χ2n) is 19.8. The SMILES string of the molecule is COc1cc(C(=O)N2CCC3(CC2)C[C@@H]3C#Cc2cccc(OC3CCC(=O)NC3=O)c2)ccc1NC(=O)[C@@H]1N[C@@H](CC(C)(C)C)[C@@]2(CNc3cc(C(F)(F)F)ncc32)[C@H]1c1cccc(Cl)c1F. The molecule has 4 aromatic rings. The number of nitrogens with zero attached hydrogens (tertiary/aromatic N) is 2. The molecule has 1 aromatic heterocycles. The number of imide groups is 1. The number of amides is 4. The first-order chi connectivity index (χ1) is 32.3. The molecule has 1 saturated carbocycles. The summed E-state index contributed by atoms with van der Waals surface area (Å²) in [5, 5.41) is 11.7. The van der Waals surface area contributed by atoms with Gasteiger partial charge in [0.05, 0.1) is 23.9 Å². The summed E-state index contributed by atoms with van der Waals surface area (Å²) in [5.41, 5.74) is -0.392. The monoisotopic (exact) mass is 954 g/mol. The van der Waals surface area contributed by atoms with Crippen LogP contribution in [-0.2, 0) is 26.0 Å². The van der Waals surface area contributed by atoms with Crippen molar-refractivity contribution in [2.24, 2.45) is 16.7 Å². The lowest BCUT2D eigenvalue weighted by atomic mass is 9.63. The third kappa shape index (κ3) is 8.98. The van der Waals surface area contributed by atoms with E-state index in [1.807, 2.05) is 32.9 Å². The number of carbonyl (C=O) groups excluding carboxylic acids is 4. The minimum Gasteiger partial charge on any atom is -0.495 e. The molecule has 3 aromatic carbocycles. The van der Waals surface area contributed by atoms with E-state index in [9.17, 15) is 32.3 Å². The predicted molar refractivity (Wildman–Crippen MR) is 246 cm³/mol. The molecule has 1 aliphatic carbocycles. The van der Waals surface area contributed by atoms with Crippen molar-refractivity contribution in [1.29, 1.82) is 0 Å². The van der Waals surface area contributed by atoms with Gasteiger partial charge in [-0.3, -0.25) is 29.5 Å². The Balaban J connectivity index is 0.900. The zero-order valence-corrected chi connectivity index (χ0v) is 38.7. The summed E-state index contributed by atoms with van der Waals surface area (Å²) in [4.78, 5) is 58.0. The fourth-order valence-corrected chi connectivity index (χ4v) is 10.9. The number of nitrogens with one attached hydrogen (secondary N) is 4. The van der Waals surface area contributed by atoms with Crippen LogP contribution in [0.4, 0.5) is 28.9 Å². The van der Waals surface area contributed by atoms with Gasteiger partial charge in [-0.1, -0.05) is 62.4 Å². The van der Waals surface area contributed by atoms with E-state index in [0.717, 1.165) is 30.9 Å². The van der Waals surface area contributed by atoms with Crippen LogP contribution in [0.15, 0.2) is 72.9 Å². The Kier molecular flexibility index (Phi) is 12.2. The fraction of sp³-hybridized carbons (Fsp3) is 0.431. The van der Waals surface area contributed by atoms with Crippen molar-refractivity contribution in [2.75, 3.05) is 37.4 Å². The molecule has 4 fully saturated rings. The number of likely N-dealkylation sites (tertiary alicyclic amines) is 1. The van der Waals surface area contributed by atoms with E-state index < -0.39 is 59.0 Å². The van der Waals surface area contributed by atoms with Crippen LogP contribution in [0.1, 0.15) is 98.0 Å². The van der Waals surface area contributed by atoms with Gasteiger partial charge in [0.15, 0.2) is 6.10 Å². The zero-order chi connectivity index (χ0) is 48.3. The molecule has 0 bridgehead atoms. The fourth-order valence-electron chi connectivity index (χ4n) is 10.7. The van der Waals surface area contributed by atoms with E-state index in [0.29, 0.717) is 42.8 Å². The highest BCUT2D eigenvalue weighted by molar-refractivity contribution is 6.30. The number of hydrogen-bond donors (Lipinski definition) is 4. The maximum absolute atomic E-state index is 16.3. The van der Waals surface area contributed by atoms with Gasteiger partial charge in [0.2, 0.25) is 11.8 Å². The summed E-state index contributed by atoms with van der Waals surface area (Å²) in [5.74, 6) is 4.36. The first-order valence-corrected chi connectivity index (χ1v) is 23.1. The van der Waals surface area contributed by atoms with Gasteiger partial charge in [-0.05, 0) is 90.6 Å². The number of anilines is 2. The van der Waals surface area contributed by atoms with Crippen LogP contribution >= 0.6 is 11.6 Å². The molecule has 3 saturated heterocycles. The predicted octanol–water partition coefficient (Wildman–Crippen LogP) is 8.24. The van der Waals surface area contributed by atoms with Crippen molar-refractivity contribution < 1.29 is 46.2 Å². The van der Waals surface area contributed by atoms with E-state index in [2.05, 4.69) is 38.1 Å². The number of carbonyl (C=O) groups is 4. The first-order valence-electron chi connectivity index (χ1n) is 22.7. The Hall–Kier alpha value is -6.18. The summed E-state index contributed by atoms with van der Waals surface area (Å²) in [6.45, 7) is 7.20. The van der Waals surface area contributed by atoms with Crippen LogP contribution in [0, 0.1) is 34.4 Å². The average Bonchev–Trinajstić information content (AvgIpc) is 3.66. The second-order valence-corrected chi connectivity index (χ2v) is 20.2. The molecule has 0 radical (unpaired) electrons. The molecule has 5 heterocycles. The Morgan fingerprint density at radius 3 is 2.51 bits per heavy atom. The summed E-state index contributed by atoms with van der Waals surface area (Å²) < 4.78 is 69.5. The number of benzene rings is 3. The van der Waals surface area contributed by atoms with E-state index in [-0.39, 0.29) is 69.2 Å². The Bertz CT molecular complexity index is 2760. The Morgan fingerprint density at radius 2 is 1.79 bits per heavy atom.